The van der Waals surface area contributed by atoms with Crippen LogP contribution in [0.5, 0.6) is 0 Å². The van der Waals surface area contributed by atoms with E-state index in [0.717, 1.165) is 16.7 Å². The number of imide groups is 1. The van der Waals surface area contributed by atoms with E-state index in [0.29, 0.717) is 0 Å². The van der Waals surface area contributed by atoms with Gasteiger partial charge < -0.3 is 5.32 Å². The van der Waals surface area contributed by atoms with Crippen LogP contribution in [0.25, 0.3) is 0 Å². The molecule has 0 bridgehead atoms. The topological polar surface area (TPSA) is 66.5 Å². The monoisotopic (exact) mass is 256 g/mol. The summed E-state index contributed by atoms with van der Waals surface area (Å²) >= 11 is 0.780. The molecule has 0 radical (unpaired) electrons. The lowest BCUT2D eigenvalue weighted by molar-refractivity contribution is -0.173. The molecule has 1 rings (SSSR count). The van der Waals surface area contributed by atoms with Gasteiger partial charge in [-0.1, -0.05) is 11.8 Å². The second-order valence-corrected chi connectivity index (χ2v) is 3.78. The van der Waals surface area contributed by atoms with Crippen molar-refractivity contribution in [1.82, 2.24) is 10.2 Å². The zero-order chi connectivity index (χ0) is 12.3. The van der Waals surface area contributed by atoms with Crippen molar-refractivity contribution in [2.75, 3.05) is 18.8 Å². The first-order valence-corrected chi connectivity index (χ1v) is 5.13. The molecule has 9 heteroatoms. The average Bonchev–Trinajstić information content (AvgIpc) is 2.47. The smallest absolute Gasteiger partial charge is 0.346 e. The predicted octanol–water partition coefficient (Wildman–Crippen LogP) is 0.360. The van der Waals surface area contributed by atoms with Crippen LogP contribution in [0.1, 0.15) is 0 Å². The molecule has 0 aromatic heterocycles. The van der Waals surface area contributed by atoms with Gasteiger partial charge in [-0.25, -0.2) is 0 Å². The third-order valence-electron chi connectivity index (χ3n) is 1.72. The Morgan fingerprint density at radius 2 is 2.06 bits per heavy atom. The van der Waals surface area contributed by atoms with Crippen molar-refractivity contribution in [3.63, 3.8) is 0 Å². The molecule has 1 N–H and O–H groups in total. The SMILES string of the molecule is O=C1CSC(=O)N1CCNC(=O)C(F)(F)F. The van der Waals surface area contributed by atoms with Crippen LogP contribution in [-0.4, -0.2) is 47.0 Å². The molecule has 1 heterocycles. The lowest BCUT2D eigenvalue weighted by Gasteiger charge is -2.13. The first-order chi connectivity index (χ1) is 7.32. The van der Waals surface area contributed by atoms with E-state index in [1.165, 1.54) is 0 Å². The summed E-state index contributed by atoms with van der Waals surface area (Å²) in [5.74, 6) is -2.55. The van der Waals surface area contributed by atoms with E-state index in [1.54, 1.807) is 5.32 Å². The minimum Gasteiger partial charge on any atom is -0.346 e. The summed E-state index contributed by atoms with van der Waals surface area (Å²) < 4.78 is 35.2. The average molecular weight is 256 g/mol. The summed E-state index contributed by atoms with van der Waals surface area (Å²) in [6, 6.07) is 0. The van der Waals surface area contributed by atoms with Crippen LogP contribution in [0.15, 0.2) is 0 Å². The van der Waals surface area contributed by atoms with Crippen LogP contribution in [0.4, 0.5) is 18.0 Å². The van der Waals surface area contributed by atoms with Crippen LogP contribution in [0.2, 0.25) is 0 Å². The molecule has 0 aromatic carbocycles. The first kappa shape index (κ1) is 12.8. The summed E-state index contributed by atoms with van der Waals surface area (Å²) in [5.41, 5.74) is 0. The fraction of sp³-hybridized carbons (Fsp3) is 0.571. The van der Waals surface area contributed by atoms with E-state index < -0.39 is 29.8 Å². The van der Waals surface area contributed by atoms with Gasteiger partial charge in [0.1, 0.15) is 0 Å². The highest BCUT2D eigenvalue weighted by Gasteiger charge is 2.38. The summed E-state index contributed by atoms with van der Waals surface area (Å²) in [4.78, 5) is 33.2. The molecule has 1 saturated heterocycles. The second-order valence-electron chi connectivity index (χ2n) is 2.85. The van der Waals surface area contributed by atoms with E-state index in [4.69, 9.17) is 0 Å². The van der Waals surface area contributed by atoms with Gasteiger partial charge in [-0.2, -0.15) is 13.2 Å². The fourth-order valence-electron chi connectivity index (χ4n) is 0.979. The molecule has 0 atom stereocenters. The predicted molar refractivity (Wildman–Crippen MR) is 48.6 cm³/mol. The normalized spacial score (nSPS) is 16.8. The molecule has 16 heavy (non-hydrogen) atoms. The molecular weight excluding hydrogens is 249 g/mol. The molecule has 1 aliphatic rings. The van der Waals surface area contributed by atoms with Gasteiger partial charge in [0, 0.05) is 13.1 Å². The highest BCUT2D eigenvalue weighted by Crippen LogP contribution is 2.18. The maximum Gasteiger partial charge on any atom is 0.471 e. The van der Waals surface area contributed by atoms with Crippen molar-refractivity contribution < 1.29 is 27.6 Å². The molecule has 0 aromatic rings. The summed E-state index contributed by atoms with van der Waals surface area (Å²) in [6.45, 7) is -0.650. The van der Waals surface area contributed by atoms with Crippen molar-refractivity contribution in [1.29, 1.82) is 0 Å². The molecular formula is C7H7F3N2O3S. The van der Waals surface area contributed by atoms with Gasteiger partial charge in [-0.3, -0.25) is 19.3 Å². The number of nitrogens with one attached hydrogen (secondary N) is 1. The quantitative estimate of drug-likeness (QED) is 0.791. The number of halogens is 3. The summed E-state index contributed by atoms with van der Waals surface area (Å²) in [6.07, 6.45) is -4.95. The van der Waals surface area contributed by atoms with Gasteiger partial charge in [-0.15, -0.1) is 0 Å². The highest BCUT2D eigenvalue weighted by atomic mass is 32.2. The van der Waals surface area contributed by atoms with Gasteiger partial charge >= 0.3 is 12.1 Å². The molecule has 0 unspecified atom stereocenters. The van der Waals surface area contributed by atoms with Crippen LogP contribution in [0.3, 0.4) is 0 Å². The molecule has 5 nitrogen and oxygen atoms in total. The molecule has 3 amide bonds. The number of amides is 3. The third kappa shape index (κ3) is 3.12. The van der Waals surface area contributed by atoms with E-state index in [2.05, 4.69) is 0 Å². The van der Waals surface area contributed by atoms with Crippen molar-refractivity contribution in [2.45, 2.75) is 6.18 Å². The maximum absolute atomic E-state index is 11.7. The Kier molecular flexibility index (Phi) is 3.79. The van der Waals surface area contributed by atoms with Crippen molar-refractivity contribution >= 4 is 28.8 Å². The van der Waals surface area contributed by atoms with Gasteiger partial charge in [0.05, 0.1) is 5.75 Å². The van der Waals surface area contributed by atoms with Crippen molar-refractivity contribution in [3.05, 3.63) is 0 Å². The molecule has 0 aliphatic carbocycles. The molecule has 0 spiro atoms. The summed E-state index contributed by atoms with van der Waals surface area (Å²) in [5, 5.41) is 1.06. The zero-order valence-corrected chi connectivity index (χ0v) is 8.65. The Bertz CT molecular complexity index is 315. The first-order valence-electron chi connectivity index (χ1n) is 4.14. The number of rotatable bonds is 3. The Morgan fingerprint density at radius 1 is 1.44 bits per heavy atom. The Morgan fingerprint density at radius 3 is 2.50 bits per heavy atom. The van der Waals surface area contributed by atoms with E-state index >= 15 is 0 Å². The number of alkyl halides is 3. The van der Waals surface area contributed by atoms with Crippen LogP contribution in [0, 0.1) is 0 Å². The zero-order valence-electron chi connectivity index (χ0n) is 7.84. The second kappa shape index (κ2) is 4.73. The highest BCUT2D eigenvalue weighted by molar-refractivity contribution is 8.14. The van der Waals surface area contributed by atoms with Gasteiger partial charge in [0.15, 0.2) is 0 Å². The number of thioether (sulfide) groups is 1. The Hall–Kier alpha value is -1.25. The fourth-order valence-corrected chi connectivity index (χ4v) is 1.73. The molecule has 0 saturated carbocycles. The van der Waals surface area contributed by atoms with Crippen molar-refractivity contribution in [3.8, 4) is 0 Å². The molecule has 1 aliphatic heterocycles. The van der Waals surface area contributed by atoms with Crippen LogP contribution >= 0.6 is 11.8 Å². The van der Waals surface area contributed by atoms with E-state index in [-0.39, 0.29) is 12.3 Å². The number of carbonyl (C=O) groups excluding carboxylic acids is 3. The van der Waals surface area contributed by atoms with Crippen LogP contribution < -0.4 is 5.32 Å². The number of carbonyl (C=O) groups is 3. The van der Waals surface area contributed by atoms with Crippen molar-refractivity contribution in [2.24, 2.45) is 0 Å². The summed E-state index contributed by atoms with van der Waals surface area (Å²) in [7, 11) is 0. The number of hydrogen-bond acceptors (Lipinski definition) is 4. The standard InChI is InChI=1S/C7H7F3N2O3S/c8-7(9,10)5(14)11-1-2-12-4(13)3-16-6(12)15/h1-3H2,(H,11,14). The van der Waals surface area contributed by atoms with Gasteiger partial charge in [-0.05, 0) is 0 Å². The Labute approximate surface area is 92.3 Å². The molecule has 90 valence electrons. The largest absolute Gasteiger partial charge is 0.471 e. The minimum atomic E-state index is -4.95. The lowest BCUT2D eigenvalue weighted by atomic mass is 10.5. The third-order valence-corrected chi connectivity index (χ3v) is 2.58. The van der Waals surface area contributed by atoms with Gasteiger partial charge in [0.25, 0.3) is 5.24 Å². The molecule has 1 fully saturated rings. The lowest BCUT2D eigenvalue weighted by Crippen LogP contribution is -2.42. The number of hydrogen-bond donors (Lipinski definition) is 1. The van der Waals surface area contributed by atoms with E-state index in [1.807, 2.05) is 0 Å². The van der Waals surface area contributed by atoms with Gasteiger partial charge in [0.2, 0.25) is 5.91 Å². The minimum absolute atomic E-state index is 0.00789. The van der Waals surface area contributed by atoms with Crippen LogP contribution in [-0.2, 0) is 9.59 Å². The Balaban J connectivity index is 2.33. The number of nitrogens with zero attached hydrogens (tertiary/aromatic N) is 1. The maximum atomic E-state index is 11.7. The van der Waals surface area contributed by atoms with E-state index in [9.17, 15) is 27.6 Å².